The van der Waals surface area contributed by atoms with Crippen LogP contribution < -0.4 is 0 Å². The summed E-state index contributed by atoms with van der Waals surface area (Å²) in [5, 5.41) is 0. The smallest absolute Gasteiger partial charge is 0.233 e. The Morgan fingerprint density at radius 1 is 0.641 bits per heavy atom. The van der Waals surface area contributed by atoms with Crippen LogP contribution in [0.25, 0.3) is 0 Å². The summed E-state index contributed by atoms with van der Waals surface area (Å²) in [5.74, 6) is 3.47. The van der Waals surface area contributed by atoms with Gasteiger partial charge in [-0.25, -0.2) is 0 Å². The third-order valence-electron chi connectivity index (χ3n) is 17.4. The summed E-state index contributed by atoms with van der Waals surface area (Å²) in [5.41, 5.74) is 0.0401. The average Bonchev–Trinajstić information content (AvgIpc) is 3.68. The van der Waals surface area contributed by atoms with Crippen LogP contribution in [0.3, 0.4) is 0 Å². The van der Waals surface area contributed by atoms with Gasteiger partial charge in [-0.3, -0.25) is 19.3 Å². The van der Waals surface area contributed by atoms with Gasteiger partial charge >= 0.3 is 0 Å². The molecule has 370 valence electrons. The topological polar surface area (TPSA) is 88.7 Å². The van der Waals surface area contributed by atoms with E-state index in [1.54, 1.807) is 4.90 Å². The first-order valence-electron chi connectivity index (χ1n) is 27.7. The third-order valence-corrected chi connectivity index (χ3v) is 17.4. The van der Waals surface area contributed by atoms with E-state index in [0.29, 0.717) is 23.8 Å². The minimum absolute atomic E-state index is 0.0401. The molecule has 0 spiro atoms. The number of nitrogens with zero attached hydrogens (tertiary/aromatic N) is 2. The molecule has 8 heteroatoms. The Morgan fingerprint density at radius 3 is 1.94 bits per heavy atom. The first-order valence-corrected chi connectivity index (χ1v) is 27.7. The third kappa shape index (κ3) is 14.7. The van der Waals surface area contributed by atoms with Gasteiger partial charge in [0.1, 0.15) is 6.23 Å². The number of ether oxygens (including phenoxy) is 3. The molecule has 0 N–H and O–H groups in total. The highest BCUT2D eigenvalue weighted by atomic mass is 16.6. The van der Waals surface area contributed by atoms with Gasteiger partial charge in [0.05, 0.1) is 29.6 Å². The van der Waals surface area contributed by atoms with Crippen LogP contribution in [-0.4, -0.2) is 77.4 Å². The van der Waals surface area contributed by atoms with Crippen molar-refractivity contribution in [3.05, 3.63) is 0 Å². The lowest BCUT2D eigenvalue weighted by Crippen LogP contribution is -2.46. The fraction of sp³-hybridized carbons (Fsp3) is 0.946. The molecule has 13 unspecified atom stereocenters. The number of fused-ring (bicyclic) bond motifs is 2. The maximum Gasteiger partial charge on any atom is 0.233 e. The standard InChI is InChI=1S/C56H100N2O6/c1-11-14-16-25-44(57-52(59)47-36-31-42(38-49(47)55(57)62-10)24-19-23-40(6)22-18-21-39(4)5)33-29-41(7)50(27-17-15-12-2)58-53(60)46-35-32-43(37-48(46)54(58)61)30-34-45(63-13-3)26-20-28-51-56(8,9)64-51/h39-51,55H,11-38H2,1-10H3. The van der Waals surface area contributed by atoms with Crippen molar-refractivity contribution < 1.29 is 28.6 Å². The van der Waals surface area contributed by atoms with Crippen molar-refractivity contribution in [2.24, 2.45) is 53.3 Å². The molecule has 3 aliphatic heterocycles. The Hall–Kier alpha value is -1.51. The molecule has 2 aliphatic carbocycles. The second-order valence-electron chi connectivity index (χ2n) is 23.2. The van der Waals surface area contributed by atoms with Crippen LogP contribution in [0.2, 0.25) is 0 Å². The van der Waals surface area contributed by atoms with Gasteiger partial charge < -0.3 is 19.1 Å². The minimum Gasteiger partial charge on any atom is -0.379 e. The lowest BCUT2D eigenvalue weighted by atomic mass is 9.73. The van der Waals surface area contributed by atoms with Crippen LogP contribution in [0.5, 0.6) is 0 Å². The van der Waals surface area contributed by atoms with E-state index in [1.165, 1.54) is 44.9 Å². The molecule has 13 atom stereocenters. The molecule has 5 aliphatic rings. The second kappa shape index (κ2) is 26.3. The molecular formula is C56H100N2O6. The van der Waals surface area contributed by atoms with Crippen LogP contribution in [0.15, 0.2) is 0 Å². The van der Waals surface area contributed by atoms with Gasteiger partial charge in [0.25, 0.3) is 0 Å². The molecule has 2 saturated carbocycles. The molecule has 0 aromatic carbocycles. The molecule has 5 fully saturated rings. The van der Waals surface area contributed by atoms with E-state index in [4.69, 9.17) is 14.2 Å². The van der Waals surface area contributed by atoms with Gasteiger partial charge in [-0.2, -0.15) is 0 Å². The number of methoxy groups -OCH3 is 1. The number of imide groups is 1. The van der Waals surface area contributed by atoms with Crippen molar-refractivity contribution >= 4 is 17.7 Å². The number of unbranched alkanes of at least 4 members (excludes halogenated alkanes) is 4. The lowest BCUT2D eigenvalue weighted by Gasteiger charge is -2.37. The number of likely N-dealkylation sites (tertiary alicyclic amines) is 2. The van der Waals surface area contributed by atoms with Crippen LogP contribution in [-0.2, 0) is 28.6 Å². The number of carbonyl (C=O) groups is 3. The van der Waals surface area contributed by atoms with Crippen LogP contribution >= 0.6 is 0 Å². The maximum absolute atomic E-state index is 14.6. The fourth-order valence-electron chi connectivity index (χ4n) is 13.2. The zero-order valence-corrected chi connectivity index (χ0v) is 43.2. The minimum atomic E-state index is -0.177. The molecule has 3 heterocycles. The molecule has 8 nitrogen and oxygen atoms in total. The highest BCUT2D eigenvalue weighted by Gasteiger charge is 2.54. The average molecular weight is 897 g/mol. The van der Waals surface area contributed by atoms with Crippen LogP contribution in [0.1, 0.15) is 236 Å². The summed E-state index contributed by atoms with van der Waals surface area (Å²) in [6.07, 6.45) is 30.1. The van der Waals surface area contributed by atoms with Gasteiger partial charge in [0, 0.05) is 37.6 Å². The highest BCUT2D eigenvalue weighted by molar-refractivity contribution is 6.05. The zero-order valence-electron chi connectivity index (χ0n) is 43.2. The Morgan fingerprint density at radius 2 is 1.28 bits per heavy atom. The number of rotatable bonds is 32. The predicted molar refractivity (Wildman–Crippen MR) is 262 cm³/mol. The number of carbonyl (C=O) groups excluding carboxylic acids is 3. The summed E-state index contributed by atoms with van der Waals surface area (Å²) in [6, 6.07) is 0.0459. The number of epoxide rings is 1. The largest absolute Gasteiger partial charge is 0.379 e. The van der Waals surface area contributed by atoms with Crippen molar-refractivity contribution in [1.82, 2.24) is 9.80 Å². The second-order valence-corrected chi connectivity index (χ2v) is 23.2. The molecule has 0 bridgehead atoms. The molecular weight excluding hydrogens is 797 g/mol. The molecule has 64 heavy (non-hydrogen) atoms. The highest BCUT2D eigenvalue weighted by Crippen LogP contribution is 2.48. The van der Waals surface area contributed by atoms with Crippen molar-refractivity contribution in [2.45, 2.75) is 272 Å². The summed E-state index contributed by atoms with van der Waals surface area (Å²) >= 11 is 0. The Balaban J connectivity index is 1.19. The number of hydrogen-bond acceptors (Lipinski definition) is 6. The molecule has 3 saturated heterocycles. The first-order chi connectivity index (χ1) is 30.7. The van der Waals surface area contributed by atoms with Crippen LogP contribution in [0, 0.1) is 53.3 Å². The number of hydrogen-bond donors (Lipinski definition) is 0. The van der Waals surface area contributed by atoms with Gasteiger partial charge in [0.15, 0.2) is 0 Å². The normalized spacial score (nSPS) is 30.1. The quantitative estimate of drug-likeness (QED) is 0.0380. The molecule has 0 radical (unpaired) electrons. The SMILES string of the molecule is CCCCCC(C(C)CCC(CCCCC)N1C(=O)C2CCC(CCCC(C)CCCC(C)C)CC2C1OC)N1C(=O)C2CCC(CCC(CCCC3OC3(C)C)OCC)CC2C1=O. The van der Waals surface area contributed by atoms with E-state index in [9.17, 15) is 14.4 Å². The van der Waals surface area contributed by atoms with Crippen molar-refractivity contribution in [3.8, 4) is 0 Å². The zero-order chi connectivity index (χ0) is 46.4. The van der Waals surface area contributed by atoms with E-state index >= 15 is 0 Å². The van der Waals surface area contributed by atoms with E-state index in [-0.39, 0.29) is 71.4 Å². The van der Waals surface area contributed by atoms with E-state index < -0.39 is 0 Å². The lowest BCUT2D eigenvalue weighted by molar-refractivity contribution is -0.144. The maximum atomic E-state index is 14.6. The van der Waals surface area contributed by atoms with Crippen molar-refractivity contribution in [2.75, 3.05) is 13.7 Å². The van der Waals surface area contributed by atoms with E-state index in [0.717, 1.165) is 147 Å². The molecule has 0 aromatic rings. The first kappa shape index (κ1) is 53.4. The Kier molecular flexibility index (Phi) is 22.0. The van der Waals surface area contributed by atoms with E-state index in [2.05, 4.69) is 67.2 Å². The Bertz CT molecular complexity index is 1400. The molecule has 0 aromatic heterocycles. The monoisotopic (exact) mass is 897 g/mol. The Labute approximate surface area is 393 Å². The van der Waals surface area contributed by atoms with Gasteiger partial charge in [0.2, 0.25) is 17.7 Å². The van der Waals surface area contributed by atoms with Gasteiger partial charge in [-0.05, 0) is 147 Å². The van der Waals surface area contributed by atoms with Crippen molar-refractivity contribution in [3.63, 3.8) is 0 Å². The summed E-state index contributed by atoms with van der Waals surface area (Å²) in [6.45, 7) is 21.1. The van der Waals surface area contributed by atoms with Gasteiger partial charge in [-0.15, -0.1) is 0 Å². The molecule has 5 rings (SSSR count). The van der Waals surface area contributed by atoms with Crippen LogP contribution in [0.4, 0.5) is 0 Å². The van der Waals surface area contributed by atoms with Crippen molar-refractivity contribution in [1.29, 1.82) is 0 Å². The van der Waals surface area contributed by atoms with Gasteiger partial charge in [-0.1, -0.05) is 119 Å². The molecule has 3 amide bonds. The number of amides is 3. The summed E-state index contributed by atoms with van der Waals surface area (Å²) < 4.78 is 18.4. The fourth-order valence-corrected chi connectivity index (χ4v) is 13.2. The summed E-state index contributed by atoms with van der Waals surface area (Å²) in [7, 11) is 1.84. The predicted octanol–water partition coefficient (Wildman–Crippen LogP) is 13.7. The van der Waals surface area contributed by atoms with E-state index in [1.807, 2.05) is 7.11 Å². The summed E-state index contributed by atoms with van der Waals surface area (Å²) in [4.78, 5) is 47.5.